The fourth-order valence-electron chi connectivity index (χ4n) is 3.54. The molecule has 1 aromatic carbocycles. The molecule has 37 heavy (non-hydrogen) atoms. The number of methoxy groups -OCH3 is 1. The van der Waals surface area contributed by atoms with Gasteiger partial charge in [0, 0.05) is 56.4 Å². The van der Waals surface area contributed by atoms with Crippen LogP contribution in [0.3, 0.4) is 0 Å². The van der Waals surface area contributed by atoms with Crippen LogP contribution in [0.2, 0.25) is 0 Å². The lowest BCUT2D eigenvalue weighted by Crippen LogP contribution is -2.35. The zero-order valence-corrected chi connectivity index (χ0v) is 22.4. The highest BCUT2D eigenvalue weighted by molar-refractivity contribution is 5.67. The van der Waals surface area contributed by atoms with Gasteiger partial charge in [0.15, 0.2) is 0 Å². The maximum absolute atomic E-state index is 12.1. The molecule has 0 saturated carbocycles. The second-order valence-corrected chi connectivity index (χ2v) is 9.66. The predicted octanol–water partition coefficient (Wildman–Crippen LogP) is 4.48. The van der Waals surface area contributed by atoms with E-state index in [1.54, 1.807) is 43.6 Å². The first-order chi connectivity index (χ1) is 17.6. The Kier molecular flexibility index (Phi) is 9.24. The van der Waals surface area contributed by atoms with E-state index in [0.29, 0.717) is 23.8 Å². The first-order valence-corrected chi connectivity index (χ1v) is 12.1. The molecular weight excluding hydrogens is 472 g/mol. The van der Waals surface area contributed by atoms with Gasteiger partial charge in [-0.25, -0.2) is 19.7 Å². The summed E-state index contributed by atoms with van der Waals surface area (Å²) in [5.74, 6) is 1.88. The summed E-state index contributed by atoms with van der Waals surface area (Å²) < 4.78 is 10.6. The van der Waals surface area contributed by atoms with Gasteiger partial charge in [0.05, 0.1) is 19.4 Å². The van der Waals surface area contributed by atoms with Gasteiger partial charge >= 0.3 is 6.09 Å². The highest BCUT2D eigenvalue weighted by Crippen LogP contribution is 2.25. The van der Waals surface area contributed by atoms with Crippen LogP contribution in [-0.4, -0.2) is 70.9 Å². The molecule has 0 aliphatic rings. The molecule has 3 rings (SSSR count). The van der Waals surface area contributed by atoms with Gasteiger partial charge in [-0.3, -0.25) is 0 Å². The van der Waals surface area contributed by atoms with Crippen molar-refractivity contribution in [3.63, 3.8) is 0 Å². The summed E-state index contributed by atoms with van der Waals surface area (Å²) in [6.07, 6.45) is 3.92. The smallest absolute Gasteiger partial charge is 0.410 e. The lowest BCUT2D eigenvalue weighted by Gasteiger charge is -2.25. The summed E-state index contributed by atoms with van der Waals surface area (Å²) in [4.78, 5) is 29.2. The molecule has 0 aliphatic heterocycles. The number of benzene rings is 1. The molecule has 0 spiro atoms. The van der Waals surface area contributed by atoms with Gasteiger partial charge in [-0.1, -0.05) is 0 Å². The Bertz CT molecular complexity index is 1180. The second-order valence-electron chi connectivity index (χ2n) is 9.66. The molecule has 10 heteroatoms. The number of hydrogen-bond acceptors (Lipinski definition) is 9. The number of rotatable bonds is 10. The molecular formula is C27H36N6O4. The molecule has 10 nitrogen and oxygen atoms in total. The third-order valence-corrected chi connectivity index (χ3v) is 5.49. The van der Waals surface area contributed by atoms with Gasteiger partial charge in [0.2, 0.25) is 5.95 Å². The molecule has 0 saturated heterocycles. The average Bonchev–Trinajstić information content (AvgIpc) is 2.87. The molecule has 0 unspecified atom stereocenters. The minimum atomic E-state index is -0.507. The average molecular weight is 509 g/mol. The molecule has 198 valence electrons. The van der Waals surface area contributed by atoms with Gasteiger partial charge in [-0.05, 0) is 63.6 Å². The van der Waals surface area contributed by atoms with Crippen molar-refractivity contribution in [2.45, 2.75) is 39.4 Å². The molecule has 0 radical (unpaired) electrons. The van der Waals surface area contributed by atoms with E-state index in [1.165, 1.54) is 0 Å². The van der Waals surface area contributed by atoms with Crippen molar-refractivity contribution in [1.82, 2.24) is 19.9 Å². The van der Waals surface area contributed by atoms with Crippen molar-refractivity contribution in [2.24, 2.45) is 0 Å². The molecule has 3 aromatic rings. The van der Waals surface area contributed by atoms with Crippen LogP contribution in [0.4, 0.5) is 22.2 Å². The van der Waals surface area contributed by atoms with Crippen LogP contribution in [0, 0.1) is 0 Å². The van der Waals surface area contributed by atoms with Crippen molar-refractivity contribution >= 4 is 23.5 Å². The van der Waals surface area contributed by atoms with Gasteiger partial charge in [0.1, 0.15) is 17.2 Å². The molecule has 2 heterocycles. The normalized spacial score (nSPS) is 11.1. The number of aliphatic hydroxyl groups excluding tert-OH is 1. The van der Waals surface area contributed by atoms with Crippen molar-refractivity contribution in [1.29, 1.82) is 0 Å². The molecule has 0 fully saturated rings. The molecule has 0 bridgehead atoms. The zero-order chi connectivity index (χ0) is 27.0. The minimum absolute atomic E-state index is 0.132. The number of ether oxygens (including phenoxy) is 2. The van der Waals surface area contributed by atoms with Crippen LogP contribution in [-0.2, 0) is 11.3 Å². The second kappa shape index (κ2) is 12.4. The van der Waals surface area contributed by atoms with Crippen molar-refractivity contribution in [3.05, 3.63) is 54.4 Å². The Hall–Kier alpha value is -3.92. The van der Waals surface area contributed by atoms with Gasteiger partial charge in [0.25, 0.3) is 0 Å². The van der Waals surface area contributed by atoms with Crippen LogP contribution in [0.5, 0.6) is 5.75 Å². The standard InChI is InChI=1S/C27H36N6O4/c1-27(2,3)37-26(35)33(5)15-7-14-32(4)24-11-8-19(17-29-24)22-12-13-28-25(31-22)30-21-9-10-23(36-6)20(16-21)18-34/h8-13,16-17,34H,7,14-15,18H2,1-6H3,(H,28,30,31). The monoisotopic (exact) mass is 508 g/mol. The van der Waals surface area contributed by atoms with Crippen LogP contribution in [0.1, 0.15) is 32.8 Å². The highest BCUT2D eigenvalue weighted by atomic mass is 16.6. The van der Waals surface area contributed by atoms with E-state index in [2.05, 4.69) is 20.3 Å². The van der Waals surface area contributed by atoms with E-state index in [-0.39, 0.29) is 12.7 Å². The van der Waals surface area contributed by atoms with Gasteiger partial charge < -0.3 is 29.7 Å². The number of hydrogen-bond donors (Lipinski definition) is 2. The summed E-state index contributed by atoms with van der Waals surface area (Å²) in [7, 11) is 5.28. The molecule has 0 aliphatic carbocycles. The molecule has 2 N–H and O–H groups in total. The molecule has 2 aromatic heterocycles. The fourth-order valence-corrected chi connectivity index (χ4v) is 3.54. The van der Waals surface area contributed by atoms with Crippen LogP contribution < -0.4 is 15.0 Å². The van der Waals surface area contributed by atoms with E-state index < -0.39 is 5.60 Å². The summed E-state index contributed by atoms with van der Waals surface area (Å²) in [5.41, 5.74) is 2.50. The van der Waals surface area contributed by atoms with Gasteiger partial charge in [-0.15, -0.1) is 0 Å². The van der Waals surface area contributed by atoms with E-state index >= 15 is 0 Å². The van der Waals surface area contributed by atoms with E-state index in [1.807, 2.05) is 57.0 Å². The van der Waals surface area contributed by atoms with Gasteiger partial charge in [-0.2, -0.15) is 0 Å². The fraction of sp³-hybridized carbons (Fsp3) is 0.407. The first-order valence-electron chi connectivity index (χ1n) is 12.1. The molecule has 0 atom stereocenters. The highest BCUT2D eigenvalue weighted by Gasteiger charge is 2.19. The van der Waals surface area contributed by atoms with E-state index in [9.17, 15) is 9.90 Å². The summed E-state index contributed by atoms with van der Waals surface area (Å²) >= 11 is 0. The van der Waals surface area contributed by atoms with Crippen molar-refractivity contribution < 1.29 is 19.4 Å². The Balaban J connectivity index is 1.58. The number of carbonyl (C=O) groups excluding carboxylic acids is 1. The lowest BCUT2D eigenvalue weighted by molar-refractivity contribution is 0.0298. The quantitative estimate of drug-likeness (QED) is 0.409. The Morgan fingerprint density at radius 2 is 1.86 bits per heavy atom. The van der Waals surface area contributed by atoms with E-state index in [4.69, 9.17) is 9.47 Å². The van der Waals surface area contributed by atoms with Crippen LogP contribution >= 0.6 is 0 Å². The number of aromatic nitrogens is 3. The molecule has 1 amide bonds. The zero-order valence-electron chi connectivity index (χ0n) is 22.4. The first kappa shape index (κ1) is 27.7. The maximum Gasteiger partial charge on any atom is 0.410 e. The summed E-state index contributed by atoms with van der Waals surface area (Å²) in [6, 6.07) is 11.2. The third-order valence-electron chi connectivity index (χ3n) is 5.49. The number of nitrogens with one attached hydrogen (secondary N) is 1. The van der Waals surface area contributed by atoms with Crippen molar-refractivity contribution in [3.8, 4) is 17.0 Å². The Morgan fingerprint density at radius 3 is 2.51 bits per heavy atom. The number of aliphatic hydroxyl groups is 1. The van der Waals surface area contributed by atoms with E-state index in [0.717, 1.165) is 35.7 Å². The minimum Gasteiger partial charge on any atom is -0.496 e. The number of amides is 1. The Morgan fingerprint density at radius 1 is 1.08 bits per heavy atom. The number of anilines is 3. The largest absolute Gasteiger partial charge is 0.496 e. The predicted molar refractivity (Wildman–Crippen MR) is 144 cm³/mol. The Labute approximate surface area is 218 Å². The topological polar surface area (TPSA) is 113 Å². The SMILES string of the molecule is COc1ccc(Nc2nccc(-c3ccc(N(C)CCCN(C)C(=O)OC(C)(C)C)nc3)n2)cc1CO. The number of carbonyl (C=O) groups is 1. The van der Waals surface area contributed by atoms with Crippen LogP contribution in [0.15, 0.2) is 48.8 Å². The van der Waals surface area contributed by atoms with Crippen molar-refractivity contribution in [2.75, 3.05) is 44.5 Å². The van der Waals surface area contributed by atoms with Crippen LogP contribution in [0.25, 0.3) is 11.3 Å². The lowest BCUT2D eigenvalue weighted by atomic mass is 10.2. The maximum atomic E-state index is 12.1. The number of nitrogens with zero attached hydrogens (tertiary/aromatic N) is 5. The summed E-state index contributed by atoms with van der Waals surface area (Å²) in [6.45, 7) is 6.76. The third kappa shape index (κ3) is 8.04. The number of pyridine rings is 1. The summed E-state index contributed by atoms with van der Waals surface area (Å²) in [5, 5.41) is 12.7.